The Morgan fingerprint density at radius 1 is 0.970 bits per heavy atom. The second-order valence-corrected chi connectivity index (χ2v) is 7.11. The molecule has 1 N–H and O–H groups in total. The van der Waals surface area contributed by atoms with Crippen molar-refractivity contribution in [3.05, 3.63) is 89.8 Å². The zero-order chi connectivity index (χ0) is 23.2. The fourth-order valence-electron chi connectivity index (χ4n) is 3.08. The number of hydrogen-bond donors (Lipinski definition) is 1. The Morgan fingerprint density at radius 3 is 2.39 bits per heavy atom. The van der Waals surface area contributed by atoms with Gasteiger partial charge in [0.25, 0.3) is 11.8 Å². The molecule has 0 aliphatic heterocycles. The average Bonchev–Trinajstić information content (AvgIpc) is 3.32. The van der Waals surface area contributed by atoms with Crippen LogP contribution in [0.1, 0.15) is 33.5 Å². The maximum atomic E-state index is 12.8. The largest absolute Gasteiger partial charge is 0.497 e. The smallest absolute Gasteiger partial charge is 0.264 e. The lowest BCUT2D eigenvalue weighted by atomic mass is 10.1. The van der Waals surface area contributed by atoms with E-state index < -0.39 is 0 Å². The first-order valence-electron chi connectivity index (χ1n) is 10.1. The lowest BCUT2D eigenvalue weighted by Gasteiger charge is -2.10. The first-order valence-corrected chi connectivity index (χ1v) is 10.1. The molecule has 0 fully saturated rings. The van der Waals surface area contributed by atoms with Gasteiger partial charge in [0.2, 0.25) is 5.82 Å². The van der Waals surface area contributed by atoms with Gasteiger partial charge in [-0.3, -0.25) is 9.59 Å². The van der Waals surface area contributed by atoms with Crippen LogP contribution in [-0.2, 0) is 6.61 Å². The lowest BCUT2D eigenvalue weighted by molar-refractivity contribution is 0.101. The molecule has 0 saturated heterocycles. The number of benzene rings is 3. The van der Waals surface area contributed by atoms with E-state index in [-0.39, 0.29) is 24.2 Å². The van der Waals surface area contributed by atoms with E-state index in [0.717, 1.165) is 11.3 Å². The number of carbonyl (C=O) groups is 2. The topological polar surface area (TPSA) is 104 Å². The van der Waals surface area contributed by atoms with E-state index in [1.807, 2.05) is 24.3 Å². The Kier molecular flexibility index (Phi) is 6.45. The number of para-hydroxylation sites is 1. The summed E-state index contributed by atoms with van der Waals surface area (Å²) in [5, 5.41) is 6.78. The zero-order valence-corrected chi connectivity index (χ0v) is 18.1. The Hall–Kier alpha value is -4.46. The van der Waals surface area contributed by atoms with Crippen LogP contribution in [0.25, 0.3) is 11.4 Å². The Balaban J connectivity index is 1.43. The summed E-state index contributed by atoms with van der Waals surface area (Å²) in [5.74, 6) is 1.43. The van der Waals surface area contributed by atoms with Crippen LogP contribution in [0.15, 0.2) is 77.3 Å². The molecular formula is C25H21N3O5. The minimum absolute atomic E-state index is 0.000751. The van der Waals surface area contributed by atoms with Crippen molar-refractivity contribution in [1.82, 2.24) is 10.1 Å². The third-order valence-corrected chi connectivity index (χ3v) is 4.85. The molecule has 3 aromatic carbocycles. The molecule has 0 aliphatic carbocycles. The SMILES string of the molecule is COc1ccc(-c2noc(COc3ccccc3C(=O)Nc3ccc(C(C)=O)cc3)n2)cc1. The number of Topliss-reactive ketones (excluding diaryl/α,β-unsaturated/α-hetero) is 1. The van der Waals surface area contributed by atoms with Crippen molar-refractivity contribution >= 4 is 17.4 Å². The molecule has 33 heavy (non-hydrogen) atoms. The molecule has 0 aliphatic rings. The predicted molar refractivity (Wildman–Crippen MR) is 121 cm³/mol. The summed E-state index contributed by atoms with van der Waals surface area (Å²) in [7, 11) is 1.60. The molecule has 8 heteroatoms. The van der Waals surface area contributed by atoms with Gasteiger partial charge >= 0.3 is 0 Å². The zero-order valence-electron chi connectivity index (χ0n) is 18.1. The number of nitrogens with one attached hydrogen (secondary N) is 1. The summed E-state index contributed by atoms with van der Waals surface area (Å²) in [6, 6.07) is 20.8. The molecule has 166 valence electrons. The van der Waals surface area contributed by atoms with Gasteiger partial charge in [-0.15, -0.1) is 0 Å². The van der Waals surface area contributed by atoms with Crippen molar-refractivity contribution in [1.29, 1.82) is 0 Å². The highest BCUT2D eigenvalue weighted by atomic mass is 16.5. The Bertz CT molecular complexity index is 1260. The molecule has 0 unspecified atom stereocenters. The van der Waals surface area contributed by atoms with Crippen LogP contribution in [0, 0.1) is 0 Å². The standard InChI is InChI=1S/C25H21N3O5/c1-16(29)17-7-11-19(12-8-17)26-25(30)21-5-3-4-6-22(21)32-15-23-27-24(28-33-23)18-9-13-20(31-2)14-10-18/h3-14H,15H2,1-2H3,(H,26,30). The van der Waals surface area contributed by atoms with Crippen molar-refractivity contribution < 1.29 is 23.6 Å². The third-order valence-electron chi connectivity index (χ3n) is 4.85. The Labute approximate surface area is 190 Å². The van der Waals surface area contributed by atoms with Gasteiger partial charge in [0.1, 0.15) is 11.5 Å². The number of carbonyl (C=O) groups excluding carboxylic acids is 2. The summed E-state index contributed by atoms with van der Waals surface area (Å²) in [6.45, 7) is 1.49. The number of nitrogens with zero attached hydrogens (tertiary/aromatic N) is 2. The number of amides is 1. The molecule has 4 aromatic rings. The molecule has 0 radical (unpaired) electrons. The quantitative estimate of drug-likeness (QED) is 0.391. The van der Waals surface area contributed by atoms with Crippen LogP contribution < -0.4 is 14.8 Å². The second-order valence-electron chi connectivity index (χ2n) is 7.11. The van der Waals surface area contributed by atoms with Gasteiger partial charge in [-0.1, -0.05) is 17.3 Å². The van der Waals surface area contributed by atoms with Crippen molar-refractivity contribution in [2.24, 2.45) is 0 Å². The van der Waals surface area contributed by atoms with Gasteiger partial charge in [-0.05, 0) is 67.6 Å². The Morgan fingerprint density at radius 2 is 1.70 bits per heavy atom. The molecule has 1 heterocycles. The fourth-order valence-corrected chi connectivity index (χ4v) is 3.08. The predicted octanol–water partition coefficient (Wildman–Crippen LogP) is 4.78. The van der Waals surface area contributed by atoms with Crippen LogP contribution in [-0.4, -0.2) is 28.9 Å². The molecule has 0 spiro atoms. The molecule has 1 amide bonds. The van der Waals surface area contributed by atoms with Gasteiger partial charge in [-0.2, -0.15) is 4.98 Å². The molecule has 4 rings (SSSR count). The molecule has 8 nitrogen and oxygen atoms in total. The first kappa shape index (κ1) is 21.8. The molecule has 0 atom stereocenters. The van der Waals surface area contributed by atoms with Crippen molar-refractivity contribution in [2.75, 3.05) is 12.4 Å². The summed E-state index contributed by atoms with van der Waals surface area (Å²) in [6.07, 6.45) is 0. The highest BCUT2D eigenvalue weighted by molar-refractivity contribution is 6.06. The number of aromatic nitrogens is 2. The number of anilines is 1. The van der Waals surface area contributed by atoms with Crippen LogP contribution >= 0.6 is 0 Å². The highest BCUT2D eigenvalue weighted by Crippen LogP contribution is 2.23. The summed E-state index contributed by atoms with van der Waals surface area (Å²) >= 11 is 0. The van der Waals surface area contributed by atoms with Crippen molar-refractivity contribution in [3.8, 4) is 22.9 Å². The second kappa shape index (κ2) is 9.78. The first-order chi connectivity index (χ1) is 16.0. The molecule has 1 aromatic heterocycles. The fraction of sp³-hybridized carbons (Fsp3) is 0.120. The van der Waals surface area contributed by atoms with E-state index in [1.54, 1.807) is 55.6 Å². The molecular weight excluding hydrogens is 422 g/mol. The van der Waals surface area contributed by atoms with E-state index in [1.165, 1.54) is 6.92 Å². The van der Waals surface area contributed by atoms with Crippen molar-refractivity contribution in [3.63, 3.8) is 0 Å². The minimum Gasteiger partial charge on any atom is -0.497 e. The lowest BCUT2D eigenvalue weighted by Crippen LogP contribution is -2.13. The van der Waals surface area contributed by atoms with E-state index in [0.29, 0.717) is 28.4 Å². The van der Waals surface area contributed by atoms with Gasteiger partial charge in [0.05, 0.1) is 12.7 Å². The number of methoxy groups -OCH3 is 1. The van der Waals surface area contributed by atoms with Crippen LogP contribution in [0.4, 0.5) is 5.69 Å². The van der Waals surface area contributed by atoms with Gasteiger partial charge in [0.15, 0.2) is 12.4 Å². The van der Waals surface area contributed by atoms with E-state index >= 15 is 0 Å². The summed E-state index contributed by atoms with van der Waals surface area (Å²) in [4.78, 5) is 28.5. The number of ketones is 1. The van der Waals surface area contributed by atoms with Gasteiger partial charge in [-0.25, -0.2) is 0 Å². The monoisotopic (exact) mass is 443 g/mol. The minimum atomic E-state index is -0.342. The maximum absolute atomic E-state index is 12.8. The van der Waals surface area contributed by atoms with E-state index in [2.05, 4.69) is 15.5 Å². The van der Waals surface area contributed by atoms with Crippen molar-refractivity contribution in [2.45, 2.75) is 13.5 Å². The van der Waals surface area contributed by atoms with E-state index in [4.69, 9.17) is 14.0 Å². The van der Waals surface area contributed by atoms with Gasteiger partial charge < -0.3 is 19.3 Å². The maximum Gasteiger partial charge on any atom is 0.264 e. The highest BCUT2D eigenvalue weighted by Gasteiger charge is 2.15. The number of rotatable bonds is 8. The van der Waals surface area contributed by atoms with Gasteiger partial charge in [0, 0.05) is 16.8 Å². The summed E-state index contributed by atoms with van der Waals surface area (Å²) < 4.78 is 16.2. The van der Waals surface area contributed by atoms with Crippen LogP contribution in [0.2, 0.25) is 0 Å². The summed E-state index contributed by atoms with van der Waals surface area (Å²) in [5.41, 5.74) is 2.27. The number of hydrogen-bond acceptors (Lipinski definition) is 7. The third kappa shape index (κ3) is 5.24. The molecule has 0 saturated carbocycles. The normalized spacial score (nSPS) is 10.5. The molecule has 0 bridgehead atoms. The van der Waals surface area contributed by atoms with Crippen LogP contribution in [0.3, 0.4) is 0 Å². The van der Waals surface area contributed by atoms with Crippen LogP contribution in [0.5, 0.6) is 11.5 Å². The number of ether oxygens (including phenoxy) is 2. The van der Waals surface area contributed by atoms with E-state index in [9.17, 15) is 9.59 Å². The average molecular weight is 443 g/mol.